The van der Waals surface area contributed by atoms with Crippen molar-refractivity contribution in [2.75, 3.05) is 18.1 Å². The van der Waals surface area contributed by atoms with Crippen LogP contribution in [0.25, 0.3) is 11.5 Å². The minimum absolute atomic E-state index is 0.00600. The van der Waals surface area contributed by atoms with E-state index in [1.165, 1.54) is 0 Å². The quantitative estimate of drug-likeness (QED) is 0.754. The Labute approximate surface area is 135 Å². The van der Waals surface area contributed by atoms with Gasteiger partial charge >= 0.3 is 0 Å². The summed E-state index contributed by atoms with van der Waals surface area (Å²) >= 11 is 0. The van der Waals surface area contributed by atoms with Crippen molar-refractivity contribution in [2.45, 2.75) is 25.9 Å². The second-order valence-electron chi connectivity index (χ2n) is 5.81. The summed E-state index contributed by atoms with van der Waals surface area (Å²) in [6, 6.07) is 1.80. The third-order valence-electron chi connectivity index (χ3n) is 4.10. The highest BCUT2D eigenvalue weighted by Crippen LogP contribution is 2.25. The highest BCUT2D eigenvalue weighted by atomic mass is 32.2. The Morgan fingerprint density at radius 3 is 2.96 bits per heavy atom. The summed E-state index contributed by atoms with van der Waals surface area (Å²) in [6.07, 6.45) is 5.60. The van der Waals surface area contributed by atoms with Gasteiger partial charge in [-0.3, -0.25) is 4.90 Å². The van der Waals surface area contributed by atoms with E-state index in [1.54, 1.807) is 24.7 Å². The number of nitrogens with zero attached hydrogens (tertiary/aromatic N) is 2. The van der Waals surface area contributed by atoms with Gasteiger partial charge in [-0.15, -0.1) is 6.58 Å². The molecule has 0 N–H and O–H groups in total. The Morgan fingerprint density at radius 2 is 2.35 bits per heavy atom. The lowest BCUT2D eigenvalue weighted by molar-refractivity contribution is 0.223. The molecule has 1 fully saturated rings. The van der Waals surface area contributed by atoms with Gasteiger partial charge in [-0.05, 0) is 19.4 Å². The van der Waals surface area contributed by atoms with Crippen LogP contribution in [0.4, 0.5) is 0 Å². The Balaban J connectivity index is 1.79. The lowest BCUT2D eigenvalue weighted by atomic mass is 10.2. The van der Waals surface area contributed by atoms with Crippen molar-refractivity contribution in [3.63, 3.8) is 0 Å². The Hall–Kier alpha value is -1.86. The molecule has 0 saturated carbocycles. The first-order valence-corrected chi connectivity index (χ1v) is 9.35. The van der Waals surface area contributed by atoms with Crippen LogP contribution in [0.5, 0.6) is 0 Å². The van der Waals surface area contributed by atoms with E-state index in [9.17, 15) is 8.42 Å². The topological polar surface area (TPSA) is 76.6 Å². The third-order valence-corrected chi connectivity index (χ3v) is 5.85. The summed E-state index contributed by atoms with van der Waals surface area (Å²) in [6.45, 7) is 6.79. The van der Waals surface area contributed by atoms with E-state index in [2.05, 4.69) is 16.5 Å². The van der Waals surface area contributed by atoms with E-state index in [-0.39, 0.29) is 17.5 Å². The molecule has 1 aliphatic rings. The van der Waals surface area contributed by atoms with E-state index in [0.717, 1.165) is 17.0 Å². The molecule has 1 aliphatic heterocycles. The van der Waals surface area contributed by atoms with Crippen LogP contribution in [-0.2, 0) is 16.4 Å². The van der Waals surface area contributed by atoms with Crippen molar-refractivity contribution in [2.24, 2.45) is 0 Å². The molecule has 0 amide bonds. The fourth-order valence-electron chi connectivity index (χ4n) is 2.85. The molecular formula is C16H20N2O4S. The molecule has 1 saturated heterocycles. The summed E-state index contributed by atoms with van der Waals surface area (Å²) in [7, 11) is -2.92. The Morgan fingerprint density at radius 1 is 1.52 bits per heavy atom. The zero-order chi connectivity index (χ0) is 16.4. The number of hydrogen-bond acceptors (Lipinski definition) is 6. The maximum atomic E-state index is 11.7. The molecule has 3 rings (SSSR count). The van der Waals surface area contributed by atoms with Gasteiger partial charge in [0.05, 0.1) is 29.0 Å². The van der Waals surface area contributed by atoms with Crippen molar-refractivity contribution in [1.29, 1.82) is 0 Å². The van der Waals surface area contributed by atoms with Crippen molar-refractivity contribution >= 4 is 9.84 Å². The lowest BCUT2D eigenvalue weighted by Crippen LogP contribution is -2.36. The molecule has 2 aromatic heterocycles. The largest absolute Gasteiger partial charge is 0.472 e. The summed E-state index contributed by atoms with van der Waals surface area (Å²) in [5, 5.41) is 0. The van der Waals surface area contributed by atoms with Gasteiger partial charge in [0.1, 0.15) is 12.0 Å². The second kappa shape index (κ2) is 6.33. The molecule has 7 heteroatoms. The first-order chi connectivity index (χ1) is 11.0. The van der Waals surface area contributed by atoms with E-state index in [0.29, 0.717) is 25.4 Å². The van der Waals surface area contributed by atoms with Gasteiger partial charge < -0.3 is 8.83 Å². The summed E-state index contributed by atoms with van der Waals surface area (Å²) in [5.41, 5.74) is 1.60. The van der Waals surface area contributed by atoms with E-state index in [4.69, 9.17) is 8.83 Å². The molecule has 1 unspecified atom stereocenters. The molecule has 124 valence electrons. The number of aryl methyl sites for hydroxylation is 1. The van der Waals surface area contributed by atoms with E-state index in [1.807, 2.05) is 6.92 Å². The normalized spacial score (nSPS) is 20.2. The zero-order valence-electron chi connectivity index (χ0n) is 13.1. The number of rotatable bonds is 6. The molecule has 0 bridgehead atoms. The standard InChI is InChI=1S/C16H20N2O4S/c1-3-6-18(14-5-8-23(19,20)11-14)9-15-12(2)22-16(17-15)13-4-7-21-10-13/h3-4,7,10,14H,1,5-6,8-9,11H2,2H3. The molecule has 0 aliphatic carbocycles. The summed E-state index contributed by atoms with van der Waals surface area (Å²) in [5.74, 6) is 1.70. The number of sulfone groups is 1. The van der Waals surface area contributed by atoms with Gasteiger partial charge in [0.25, 0.3) is 0 Å². The fraction of sp³-hybridized carbons (Fsp3) is 0.438. The second-order valence-corrected chi connectivity index (χ2v) is 8.04. The summed E-state index contributed by atoms with van der Waals surface area (Å²) in [4.78, 5) is 6.63. The minimum Gasteiger partial charge on any atom is -0.472 e. The number of aromatic nitrogens is 1. The maximum Gasteiger partial charge on any atom is 0.229 e. The van der Waals surface area contributed by atoms with Crippen LogP contribution in [0, 0.1) is 6.92 Å². The summed E-state index contributed by atoms with van der Waals surface area (Å²) < 4.78 is 34.2. The SMILES string of the molecule is C=CCN(Cc1nc(-c2ccoc2)oc1C)C1CCS(=O)(=O)C1. The van der Waals surface area contributed by atoms with Crippen molar-refractivity contribution in [3.05, 3.63) is 42.7 Å². The predicted molar refractivity (Wildman–Crippen MR) is 86.6 cm³/mol. The highest BCUT2D eigenvalue weighted by molar-refractivity contribution is 7.91. The monoisotopic (exact) mass is 336 g/mol. The van der Waals surface area contributed by atoms with Crippen LogP contribution in [-0.4, -0.2) is 42.4 Å². The highest BCUT2D eigenvalue weighted by Gasteiger charge is 2.32. The molecule has 6 nitrogen and oxygen atoms in total. The first kappa shape index (κ1) is 16.0. The average molecular weight is 336 g/mol. The van der Waals surface area contributed by atoms with Crippen LogP contribution in [0.2, 0.25) is 0 Å². The number of oxazole rings is 1. The maximum absolute atomic E-state index is 11.7. The fourth-order valence-corrected chi connectivity index (χ4v) is 4.61. The van der Waals surface area contributed by atoms with Crippen LogP contribution in [0.15, 0.2) is 40.1 Å². The zero-order valence-corrected chi connectivity index (χ0v) is 13.9. The Kier molecular flexibility index (Phi) is 4.41. The molecule has 1 atom stereocenters. The van der Waals surface area contributed by atoms with Crippen LogP contribution in [0.1, 0.15) is 17.9 Å². The lowest BCUT2D eigenvalue weighted by Gasteiger charge is -2.25. The average Bonchev–Trinajstić information content (AvgIpc) is 3.19. The molecule has 3 heterocycles. The van der Waals surface area contributed by atoms with Gasteiger partial charge in [-0.2, -0.15) is 0 Å². The van der Waals surface area contributed by atoms with Crippen molar-refractivity contribution in [1.82, 2.24) is 9.88 Å². The van der Waals surface area contributed by atoms with Crippen molar-refractivity contribution in [3.8, 4) is 11.5 Å². The Bertz CT molecular complexity index is 777. The molecular weight excluding hydrogens is 316 g/mol. The molecule has 23 heavy (non-hydrogen) atoms. The van der Waals surface area contributed by atoms with E-state index >= 15 is 0 Å². The smallest absolute Gasteiger partial charge is 0.229 e. The molecule has 0 spiro atoms. The first-order valence-electron chi connectivity index (χ1n) is 7.53. The van der Waals surface area contributed by atoms with Gasteiger partial charge in [-0.1, -0.05) is 6.08 Å². The van der Waals surface area contributed by atoms with Gasteiger partial charge in [0.2, 0.25) is 5.89 Å². The van der Waals surface area contributed by atoms with Gasteiger partial charge in [-0.25, -0.2) is 13.4 Å². The van der Waals surface area contributed by atoms with Gasteiger partial charge in [0, 0.05) is 19.1 Å². The minimum atomic E-state index is -2.92. The number of furan rings is 1. The molecule has 0 aromatic carbocycles. The van der Waals surface area contributed by atoms with Crippen LogP contribution < -0.4 is 0 Å². The van der Waals surface area contributed by atoms with Gasteiger partial charge in [0.15, 0.2) is 9.84 Å². The molecule has 2 aromatic rings. The predicted octanol–water partition coefficient (Wildman–Crippen LogP) is 2.42. The van der Waals surface area contributed by atoms with Crippen LogP contribution in [0.3, 0.4) is 0 Å². The number of hydrogen-bond donors (Lipinski definition) is 0. The van der Waals surface area contributed by atoms with E-state index < -0.39 is 9.84 Å². The van der Waals surface area contributed by atoms with Crippen molar-refractivity contribution < 1.29 is 17.3 Å². The molecule has 0 radical (unpaired) electrons. The van der Waals surface area contributed by atoms with Crippen LogP contribution >= 0.6 is 0 Å². The third kappa shape index (κ3) is 3.56.